The molecule has 0 saturated carbocycles. The monoisotopic (exact) mass is 353 g/mol. The zero-order chi connectivity index (χ0) is 18.4. The van der Waals surface area contributed by atoms with Gasteiger partial charge in [0.05, 0.1) is 5.69 Å². The summed E-state index contributed by atoms with van der Waals surface area (Å²) in [6, 6.07) is 5.99. The molecule has 0 aliphatic carbocycles. The van der Waals surface area contributed by atoms with Gasteiger partial charge in [-0.05, 0) is 38.3 Å². The summed E-state index contributed by atoms with van der Waals surface area (Å²) < 4.78 is 7.56. The maximum Gasteiger partial charge on any atom is 0.259 e. The number of piperidine rings is 1. The number of rotatable bonds is 2. The first-order chi connectivity index (χ1) is 12.5. The minimum Gasteiger partial charge on any atom is -0.440 e. The molecule has 1 amide bonds. The number of aromatic nitrogens is 3. The summed E-state index contributed by atoms with van der Waals surface area (Å²) in [6.07, 6.45) is 1.66. The fourth-order valence-corrected chi connectivity index (χ4v) is 3.71. The van der Waals surface area contributed by atoms with Gasteiger partial charge < -0.3 is 15.1 Å². The Balaban J connectivity index is 1.50. The van der Waals surface area contributed by atoms with Crippen molar-refractivity contribution < 1.29 is 9.21 Å². The standard InChI is InChI=1S/C19H23N5O2/c1-11-5-4-6-14-16(11)26-18(21-14)13-7-9-24(10-8-13)19(25)15-12(2)22-23(3)17(15)20/h4-6,13H,7-10,20H2,1-3H3. The van der Waals surface area contributed by atoms with Gasteiger partial charge in [-0.2, -0.15) is 5.10 Å². The highest BCUT2D eigenvalue weighted by Crippen LogP contribution is 2.32. The van der Waals surface area contributed by atoms with Crippen molar-refractivity contribution in [2.75, 3.05) is 18.8 Å². The maximum absolute atomic E-state index is 12.8. The number of nitrogens with two attached hydrogens (primary N) is 1. The Hall–Kier alpha value is -2.83. The van der Waals surface area contributed by atoms with Gasteiger partial charge in [0.25, 0.3) is 5.91 Å². The summed E-state index contributed by atoms with van der Waals surface area (Å²) in [4.78, 5) is 19.3. The number of hydrogen-bond acceptors (Lipinski definition) is 5. The first-order valence-electron chi connectivity index (χ1n) is 8.90. The van der Waals surface area contributed by atoms with Gasteiger partial charge in [-0.1, -0.05) is 12.1 Å². The Kier molecular flexibility index (Phi) is 3.94. The van der Waals surface area contributed by atoms with Crippen LogP contribution in [0, 0.1) is 13.8 Å². The van der Waals surface area contributed by atoms with Crippen LogP contribution in [0.3, 0.4) is 0 Å². The largest absolute Gasteiger partial charge is 0.440 e. The molecule has 0 unspecified atom stereocenters. The summed E-state index contributed by atoms with van der Waals surface area (Å²) in [5, 5.41) is 4.24. The van der Waals surface area contributed by atoms with Crippen LogP contribution in [0.5, 0.6) is 0 Å². The number of carbonyl (C=O) groups is 1. The van der Waals surface area contributed by atoms with Crippen LogP contribution >= 0.6 is 0 Å². The molecule has 0 radical (unpaired) electrons. The number of nitrogen functional groups attached to an aromatic ring is 1. The van der Waals surface area contributed by atoms with Gasteiger partial charge >= 0.3 is 0 Å². The summed E-state index contributed by atoms with van der Waals surface area (Å²) in [6.45, 7) is 5.17. The number of hydrogen-bond donors (Lipinski definition) is 1. The number of fused-ring (bicyclic) bond motifs is 1. The number of anilines is 1. The van der Waals surface area contributed by atoms with Crippen LogP contribution in [-0.2, 0) is 7.05 Å². The molecule has 7 heteroatoms. The fourth-order valence-electron chi connectivity index (χ4n) is 3.71. The number of nitrogens with zero attached hydrogens (tertiary/aromatic N) is 4. The number of carbonyl (C=O) groups excluding carboxylic acids is 1. The Morgan fingerprint density at radius 3 is 2.62 bits per heavy atom. The van der Waals surface area contributed by atoms with Crippen molar-refractivity contribution in [3.63, 3.8) is 0 Å². The highest BCUT2D eigenvalue weighted by Gasteiger charge is 2.30. The van der Waals surface area contributed by atoms with Crippen LogP contribution in [0.25, 0.3) is 11.1 Å². The van der Waals surface area contributed by atoms with Crippen molar-refractivity contribution in [2.24, 2.45) is 7.05 Å². The van der Waals surface area contributed by atoms with Crippen molar-refractivity contribution in [1.29, 1.82) is 0 Å². The second-order valence-electron chi connectivity index (χ2n) is 7.01. The van der Waals surface area contributed by atoms with Crippen LogP contribution in [0.2, 0.25) is 0 Å². The quantitative estimate of drug-likeness (QED) is 0.765. The van der Waals surface area contributed by atoms with E-state index in [4.69, 9.17) is 10.2 Å². The number of aryl methyl sites for hydroxylation is 3. The van der Waals surface area contributed by atoms with E-state index in [1.54, 1.807) is 11.7 Å². The van der Waals surface area contributed by atoms with Crippen molar-refractivity contribution in [3.8, 4) is 0 Å². The number of likely N-dealkylation sites (tertiary alicyclic amines) is 1. The molecule has 3 heterocycles. The van der Waals surface area contributed by atoms with E-state index in [0.29, 0.717) is 30.2 Å². The molecule has 136 valence electrons. The highest BCUT2D eigenvalue weighted by molar-refractivity contribution is 5.99. The van der Waals surface area contributed by atoms with E-state index in [9.17, 15) is 4.79 Å². The van der Waals surface area contributed by atoms with E-state index >= 15 is 0 Å². The van der Waals surface area contributed by atoms with Crippen LogP contribution in [0.1, 0.15) is 46.3 Å². The fraction of sp³-hybridized carbons (Fsp3) is 0.421. The van der Waals surface area contributed by atoms with Crippen LogP contribution in [0.15, 0.2) is 22.6 Å². The SMILES string of the molecule is Cc1nn(C)c(N)c1C(=O)N1CCC(c2nc3cccc(C)c3o2)CC1. The molecule has 26 heavy (non-hydrogen) atoms. The van der Waals surface area contributed by atoms with Gasteiger partial charge in [0.1, 0.15) is 16.9 Å². The molecule has 1 fully saturated rings. The number of amides is 1. The van der Waals surface area contributed by atoms with Crippen molar-refractivity contribution in [3.05, 3.63) is 40.9 Å². The van der Waals surface area contributed by atoms with E-state index in [2.05, 4.69) is 10.1 Å². The Labute approximate surface area is 151 Å². The molecule has 1 aliphatic heterocycles. The molecule has 2 aromatic heterocycles. The average Bonchev–Trinajstić information content (AvgIpc) is 3.17. The first-order valence-corrected chi connectivity index (χ1v) is 8.90. The summed E-state index contributed by atoms with van der Waals surface area (Å²) in [7, 11) is 1.75. The van der Waals surface area contributed by atoms with E-state index in [0.717, 1.165) is 35.4 Å². The summed E-state index contributed by atoms with van der Waals surface area (Å²) >= 11 is 0. The topological polar surface area (TPSA) is 90.2 Å². The van der Waals surface area contributed by atoms with Gasteiger partial charge in [0.2, 0.25) is 0 Å². The predicted octanol–water partition coefficient (Wildman–Crippen LogP) is 2.78. The minimum atomic E-state index is -0.0417. The molecule has 1 aromatic carbocycles. The zero-order valence-electron chi connectivity index (χ0n) is 15.3. The molecule has 7 nitrogen and oxygen atoms in total. The van der Waals surface area contributed by atoms with E-state index < -0.39 is 0 Å². The average molecular weight is 353 g/mol. The van der Waals surface area contributed by atoms with Gasteiger partial charge in [-0.3, -0.25) is 9.48 Å². The third-order valence-electron chi connectivity index (χ3n) is 5.24. The van der Waals surface area contributed by atoms with E-state index in [1.807, 2.05) is 36.9 Å². The van der Waals surface area contributed by atoms with E-state index in [1.165, 1.54) is 0 Å². The van der Waals surface area contributed by atoms with Crippen LogP contribution in [-0.4, -0.2) is 38.7 Å². The van der Waals surface area contributed by atoms with Crippen LogP contribution < -0.4 is 5.73 Å². The molecular weight excluding hydrogens is 330 g/mol. The lowest BCUT2D eigenvalue weighted by Gasteiger charge is -2.30. The van der Waals surface area contributed by atoms with Crippen molar-refractivity contribution in [1.82, 2.24) is 19.7 Å². The minimum absolute atomic E-state index is 0.0417. The second-order valence-corrected chi connectivity index (χ2v) is 7.01. The normalized spacial score (nSPS) is 15.7. The Morgan fingerprint density at radius 2 is 2.00 bits per heavy atom. The molecule has 0 atom stereocenters. The Bertz CT molecular complexity index is 979. The lowest BCUT2D eigenvalue weighted by molar-refractivity contribution is 0.0707. The third kappa shape index (κ3) is 2.64. The molecule has 1 saturated heterocycles. The molecule has 0 spiro atoms. The zero-order valence-corrected chi connectivity index (χ0v) is 15.3. The van der Waals surface area contributed by atoms with Gasteiger partial charge in [-0.25, -0.2) is 4.98 Å². The number of benzene rings is 1. The smallest absolute Gasteiger partial charge is 0.259 e. The van der Waals surface area contributed by atoms with E-state index in [-0.39, 0.29) is 11.8 Å². The van der Waals surface area contributed by atoms with Gasteiger partial charge in [-0.15, -0.1) is 0 Å². The predicted molar refractivity (Wildman–Crippen MR) is 99.0 cm³/mol. The maximum atomic E-state index is 12.8. The molecule has 4 rings (SSSR count). The third-order valence-corrected chi connectivity index (χ3v) is 5.24. The molecule has 0 bridgehead atoms. The Morgan fingerprint density at radius 1 is 1.27 bits per heavy atom. The second kappa shape index (κ2) is 6.16. The molecule has 3 aromatic rings. The van der Waals surface area contributed by atoms with Crippen molar-refractivity contribution >= 4 is 22.8 Å². The van der Waals surface area contributed by atoms with Crippen molar-refractivity contribution in [2.45, 2.75) is 32.6 Å². The first kappa shape index (κ1) is 16.6. The lowest BCUT2D eigenvalue weighted by atomic mass is 9.96. The molecule has 1 aliphatic rings. The lowest BCUT2D eigenvalue weighted by Crippen LogP contribution is -2.38. The summed E-state index contributed by atoms with van der Waals surface area (Å²) in [5.41, 5.74) is 10.1. The van der Waals surface area contributed by atoms with Crippen LogP contribution in [0.4, 0.5) is 5.82 Å². The van der Waals surface area contributed by atoms with Gasteiger partial charge in [0.15, 0.2) is 11.5 Å². The number of oxazole rings is 1. The molecule has 2 N–H and O–H groups in total. The molecular formula is C19H23N5O2. The summed E-state index contributed by atoms with van der Waals surface area (Å²) in [5.74, 6) is 1.39. The highest BCUT2D eigenvalue weighted by atomic mass is 16.3. The van der Waals surface area contributed by atoms with Gasteiger partial charge in [0, 0.05) is 26.1 Å². The number of para-hydroxylation sites is 1.